The Bertz CT molecular complexity index is 546. The summed E-state index contributed by atoms with van der Waals surface area (Å²) in [5.41, 5.74) is 0.902. The van der Waals surface area contributed by atoms with E-state index in [0.717, 1.165) is 11.3 Å². The van der Waals surface area contributed by atoms with Gasteiger partial charge in [-0.1, -0.05) is 12.1 Å². The van der Waals surface area contributed by atoms with E-state index in [9.17, 15) is 13.6 Å². The van der Waals surface area contributed by atoms with Crippen LogP contribution in [-0.4, -0.2) is 17.9 Å². The maximum absolute atomic E-state index is 13.5. The van der Waals surface area contributed by atoms with E-state index < -0.39 is 11.8 Å². The molecule has 1 aliphatic carbocycles. The first-order valence-corrected chi connectivity index (χ1v) is 8.21. The van der Waals surface area contributed by atoms with E-state index in [4.69, 9.17) is 4.74 Å². The van der Waals surface area contributed by atoms with Crippen molar-refractivity contribution in [2.24, 2.45) is 5.92 Å². The molecule has 1 saturated carbocycles. The zero-order valence-electron chi connectivity index (χ0n) is 13.9. The molecule has 0 radical (unpaired) electrons. The van der Waals surface area contributed by atoms with E-state index in [1.54, 1.807) is 0 Å². The number of amides is 1. The lowest BCUT2D eigenvalue weighted by Crippen LogP contribution is -2.38. The summed E-state index contributed by atoms with van der Waals surface area (Å²) in [5, 5.41) is 2.86. The van der Waals surface area contributed by atoms with Crippen LogP contribution in [0.15, 0.2) is 24.3 Å². The second-order valence-corrected chi connectivity index (χ2v) is 6.62. The maximum atomic E-state index is 13.5. The number of nitrogens with one attached hydrogen (secondary N) is 1. The summed E-state index contributed by atoms with van der Waals surface area (Å²) >= 11 is 0. The fraction of sp³-hybridized carbons (Fsp3) is 0.611. The number of rotatable bonds is 5. The largest absolute Gasteiger partial charge is 0.491 e. The van der Waals surface area contributed by atoms with E-state index in [1.165, 1.54) is 0 Å². The first-order chi connectivity index (χ1) is 10.8. The van der Waals surface area contributed by atoms with Crippen LogP contribution in [0.5, 0.6) is 5.75 Å². The van der Waals surface area contributed by atoms with Gasteiger partial charge in [0.1, 0.15) is 5.75 Å². The number of halogens is 2. The number of benzene rings is 1. The number of hydrogen-bond acceptors (Lipinski definition) is 2. The summed E-state index contributed by atoms with van der Waals surface area (Å²) in [4.78, 5) is 12.3. The summed E-state index contributed by atoms with van der Waals surface area (Å²) in [6.07, 6.45) is 0.546. The highest BCUT2D eigenvalue weighted by atomic mass is 19.3. The highest BCUT2D eigenvalue weighted by Gasteiger charge is 2.39. The van der Waals surface area contributed by atoms with Crippen LogP contribution < -0.4 is 10.1 Å². The molecule has 1 aliphatic rings. The molecule has 1 amide bonds. The van der Waals surface area contributed by atoms with Crippen molar-refractivity contribution in [2.75, 3.05) is 0 Å². The Kier molecular flexibility index (Phi) is 5.60. The zero-order chi connectivity index (χ0) is 17.0. The first-order valence-electron chi connectivity index (χ1n) is 8.21. The minimum atomic E-state index is -2.71. The molecule has 0 aromatic heterocycles. The van der Waals surface area contributed by atoms with Gasteiger partial charge >= 0.3 is 0 Å². The lowest BCUT2D eigenvalue weighted by Gasteiger charge is -2.29. The predicted octanol–water partition coefficient (Wildman–Crippen LogP) is 4.48. The van der Waals surface area contributed by atoms with Gasteiger partial charge < -0.3 is 10.1 Å². The highest BCUT2D eigenvalue weighted by molar-refractivity contribution is 5.79. The molecule has 2 rings (SSSR count). The Balaban J connectivity index is 1.98. The fourth-order valence-electron chi connectivity index (χ4n) is 2.94. The molecule has 23 heavy (non-hydrogen) atoms. The zero-order valence-corrected chi connectivity index (χ0v) is 13.9. The highest BCUT2D eigenvalue weighted by Crippen LogP contribution is 2.37. The van der Waals surface area contributed by atoms with Gasteiger partial charge in [0.2, 0.25) is 11.8 Å². The molecular weight excluding hydrogens is 300 g/mol. The summed E-state index contributed by atoms with van der Waals surface area (Å²) in [6.45, 7) is 5.75. The van der Waals surface area contributed by atoms with Crippen LogP contribution >= 0.6 is 0 Å². The predicted molar refractivity (Wildman–Crippen MR) is 85.7 cm³/mol. The van der Waals surface area contributed by atoms with E-state index in [1.807, 2.05) is 45.0 Å². The fourth-order valence-corrected chi connectivity index (χ4v) is 2.94. The van der Waals surface area contributed by atoms with Gasteiger partial charge in [-0.2, -0.15) is 0 Å². The molecule has 128 valence electrons. The van der Waals surface area contributed by atoms with Crippen LogP contribution in [0.2, 0.25) is 0 Å². The molecule has 0 aliphatic heterocycles. The van der Waals surface area contributed by atoms with E-state index in [0.29, 0.717) is 12.8 Å². The molecule has 2 unspecified atom stereocenters. The molecular formula is C18H25F2NO2. The van der Waals surface area contributed by atoms with E-state index in [2.05, 4.69) is 5.32 Å². The summed E-state index contributed by atoms with van der Waals surface area (Å²) < 4.78 is 32.5. The Morgan fingerprint density at radius 3 is 2.74 bits per heavy atom. The van der Waals surface area contributed by atoms with Crippen molar-refractivity contribution < 1.29 is 18.3 Å². The number of ether oxygens (including phenoxy) is 1. The SMILES string of the molecule is CC(C)Oc1cccc(C(C)NC(=O)C2CCCC(F)(F)C2)c1. The minimum absolute atomic E-state index is 0.0691. The summed E-state index contributed by atoms with van der Waals surface area (Å²) in [5.74, 6) is -2.86. The van der Waals surface area contributed by atoms with Crippen molar-refractivity contribution in [2.45, 2.75) is 64.5 Å². The summed E-state index contributed by atoms with van der Waals surface area (Å²) in [6, 6.07) is 7.26. The topological polar surface area (TPSA) is 38.3 Å². The number of carbonyl (C=O) groups excluding carboxylic acids is 1. The third-order valence-electron chi connectivity index (χ3n) is 4.10. The van der Waals surface area contributed by atoms with Crippen LogP contribution in [0.4, 0.5) is 8.78 Å². The van der Waals surface area contributed by atoms with Crippen LogP contribution in [0.25, 0.3) is 0 Å². The maximum Gasteiger partial charge on any atom is 0.248 e. The van der Waals surface area contributed by atoms with Crippen molar-refractivity contribution in [1.29, 1.82) is 0 Å². The third-order valence-corrected chi connectivity index (χ3v) is 4.10. The molecule has 0 heterocycles. The third kappa shape index (κ3) is 5.19. The Labute approximate surface area is 136 Å². The van der Waals surface area contributed by atoms with Crippen molar-refractivity contribution in [3.8, 4) is 5.75 Å². The van der Waals surface area contributed by atoms with Crippen molar-refractivity contribution in [3.63, 3.8) is 0 Å². The number of hydrogen-bond donors (Lipinski definition) is 1. The molecule has 1 N–H and O–H groups in total. The van der Waals surface area contributed by atoms with Crippen molar-refractivity contribution in [3.05, 3.63) is 29.8 Å². The van der Waals surface area contributed by atoms with Crippen LogP contribution in [-0.2, 0) is 4.79 Å². The number of alkyl halides is 2. The molecule has 0 bridgehead atoms. The lowest BCUT2D eigenvalue weighted by atomic mass is 9.85. The molecule has 0 saturated heterocycles. The average molecular weight is 325 g/mol. The van der Waals surface area contributed by atoms with Crippen molar-refractivity contribution >= 4 is 5.91 Å². The molecule has 5 heteroatoms. The van der Waals surface area contributed by atoms with Crippen LogP contribution in [0, 0.1) is 5.92 Å². The molecule has 1 aromatic carbocycles. The van der Waals surface area contributed by atoms with E-state index >= 15 is 0 Å². The minimum Gasteiger partial charge on any atom is -0.491 e. The monoisotopic (exact) mass is 325 g/mol. The number of carbonyl (C=O) groups is 1. The first kappa shape index (κ1) is 17.7. The second kappa shape index (κ2) is 7.28. The van der Waals surface area contributed by atoms with Gasteiger partial charge in [0.05, 0.1) is 12.1 Å². The van der Waals surface area contributed by atoms with E-state index in [-0.39, 0.29) is 30.9 Å². The molecule has 2 atom stereocenters. The molecule has 0 spiro atoms. The molecule has 1 aromatic rings. The quantitative estimate of drug-likeness (QED) is 0.867. The van der Waals surface area contributed by atoms with Crippen LogP contribution in [0.3, 0.4) is 0 Å². The Hall–Kier alpha value is -1.65. The van der Waals surface area contributed by atoms with Crippen LogP contribution in [0.1, 0.15) is 58.1 Å². The summed E-state index contributed by atoms with van der Waals surface area (Å²) in [7, 11) is 0. The standard InChI is InChI=1S/C18H25F2NO2/c1-12(2)23-16-8-4-6-14(10-16)13(3)21-17(22)15-7-5-9-18(19,20)11-15/h4,6,8,10,12-13,15H,5,7,9,11H2,1-3H3,(H,21,22). The lowest BCUT2D eigenvalue weighted by molar-refractivity contribution is -0.132. The smallest absolute Gasteiger partial charge is 0.248 e. The van der Waals surface area contributed by atoms with Gasteiger partial charge in [0.25, 0.3) is 0 Å². The Morgan fingerprint density at radius 1 is 1.35 bits per heavy atom. The molecule has 1 fully saturated rings. The second-order valence-electron chi connectivity index (χ2n) is 6.62. The van der Waals surface area contributed by atoms with Gasteiger partial charge in [0.15, 0.2) is 0 Å². The normalized spacial score (nSPS) is 21.7. The Morgan fingerprint density at radius 2 is 2.09 bits per heavy atom. The average Bonchev–Trinajstić information content (AvgIpc) is 2.45. The van der Waals surface area contributed by atoms with Crippen molar-refractivity contribution in [1.82, 2.24) is 5.32 Å². The van der Waals surface area contributed by atoms with Gasteiger partial charge in [0, 0.05) is 18.8 Å². The van der Waals surface area contributed by atoms with Gasteiger partial charge in [-0.15, -0.1) is 0 Å². The van der Waals surface area contributed by atoms with Gasteiger partial charge in [-0.25, -0.2) is 8.78 Å². The van der Waals surface area contributed by atoms with Gasteiger partial charge in [-0.05, 0) is 51.3 Å². The molecule has 3 nitrogen and oxygen atoms in total. The van der Waals surface area contributed by atoms with Gasteiger partial charge in [-0.3, -0.25) is 4.79 Å².